The van der Waals surface area contributed by atoms with Gasteiger partial charge in [0.05, 0.1) is 6.26 Å². The normalized spacial score (nSPS) is 27.1. The SMILES string of the molecule is CC(C)N1CCN(S(C)(=O)=O)[C@H](C)C1. The van der Waals surface area contributed by atoms with Crippen LogP contribution in [0.5, 0.6) is 0 Å². The van der Waals surface area contributed by atoms with Crippen molar-refractivity contribution in [1.29, 1.82) is 0 Å². The van der Waals surface area contributed by atoms with Crippen LogP contribution in [0, 0.1) is 0 Å². The summed E-state index contributed by atoms with van der Waals surface area (Å²) in [5, 5.41) is 0. The van der Waals surface area contributed by atoms with Crippen molar-refractivity contribution >= 4 is 10.0 Å². The van der Waals surface area contributed by atoms with Gasteiger partial charge < -0.3 is 0 Å². The van der Waals surface area contributed by atoms with Gasteiger partial charge in [0.15, 0.2) is 0 Å². The molecule has 5 heteroatoms. The summed E-state index contributed by atoms with van der Waals surface area (Å²) in [6, 6.07) is 0.598. The molecule has 0 amide bonds. The molecule has 14 heavy (non-hydrogen) atoms. The van der Waals surface area contributed by atoms with Crippen molar-refractivity contribution in [2.24, 2.45) is 0 Å². The Morgan fingerprint density at radius 2 is 1.86 bits per heavy atom. The first-order valence-corrected chi connectivity index (χ1v) is 6.88. The van der Waals surface area contributed by atoms with Gasteiger partial charge in [0.1, 0.15) is 0 Å². The molecule has 0 aliphatic carbocycles. The Morgan fingerprint density at radius 1 is 1.29 bits per heavy atom. The van der Waals surface area contributed by atoms with Gasteiger partial charge in [-0.1, -0.05) is 0 Å². The molecule has 0 saturated carbocycles. The summed E-state index contributed by atoms with van der Waals surface area (Å²) < 4.78 is 24.4. The molecule has 84 valence electrons. The highest BCUT2D eigenvalue weighted by atomic mass is 32.2. The van der Waals surface area contributed by atoms with Gasteiger partial charge in [-0.3, -0.25) is 4.90 Å². The molecule has 1 aliphatic rings. The largest absolute Gasteiger partial charge is 0.298 e. The summed E-state index contributed by atoms with van der Waals surface area (Å²) in [4.78, 5) is 2.31. The Morgan fingerprint density at radius 3 is 2.21 bits per heavy atom. The lowest BCUT2D eigenvalue weighted by atomic mass is 10.2. The molecule has 0 aromatic heterocycles. The molecule has 0 aromatic carbocycles. The van der Waals surface area contributed by atoms with Crippen LogP contribution in [0.15, 0.2) is 0 Å². The molecule has 1 heterocycles. The quantitative estimate of drug-likeness (QED) is 0.674. The van der Waals surface area contributed by atoms with Crippen molar-refractivity contribution < 1.29 is 8.42 Å². The third-order valence-corrected chi connectivity index (χ3v) is 4.15. The van der Waals surface area contributed by atoms with Gasteiger partial charge in [-0.2, -0.15) is 4.31 Å². The molecule has 4 nitrogen and oxygen atoms in total. The van der Waals surface area contributed by atoms with Crippen LogP contribution < -0.4 is 0 Å². The van der Waals surface area contributed by atoms with Crippen molar-refractivity contribution in [1.82, 2.24) is 9.21 Å². The lowest BCUT2D eigenvalue weighted by Gasteiger charge is -2.40. The zero-order valence-corrected chi connectivity index (χ0v) is 10.2. The molecular formula is C9H20N2O2S. The van der Waals surface area contributed by atoms with E-state index in [0.717, 1.165) is 13.1 Å². The minimum absolute atomic E-state index is 0.0983. The van der Waals surface area contributed by atoms with E-state index in [1.54, 1.807) is 4.31 Å². The predicted molar refractivity (Wildman–Crippen MR) is 57.7 cm³/mol. The van der Waals surface area contributed by atoms with E-state index in [2.05, 4.69) is 18.7 Å². The first kappa shape index (κ1) is 11.9. The van der Waals surface area contributed by atoms with E-state index < -0.39 is 10.0 Å². The van der Waals surface area contributed by atoms with E-state index in [4.69, 9.17) is 0 Å². The number of piperazine rings is 1. The summed E-state index contributed by atoms with van der Waals surface area (Å²) in [7, 11) is -3.02. The van der Waals surface area contributed by atoms with E-state index >= 15 is 0 Å². The third kappa shape index (κ3) is 2.68. The number of hydrogen-bond acceptors (Lipinski definition) is 3. The van der Waals surface area contributed by atoms with Crippen molar-refractivity contribution in [3.63, 3.8) is 0 Å². The predicted octanol–water partition coefficient (Wildman–Crippen LogP) is 0.361. The van der Waals surface area contributed by atoms with Crippen LogP contribution in [-0.2, 0) is 10.0 Å². The third-order valence-electron chi connectivity index (χ3n) is 2.75. The average Bonchev–Trinajstić information content (AvgIpc) is 2.01. The Balaban J connectivity index is 2.66. The maximum Gasteiger partial charge on any atom is 0.211 e. The van der Waals surface area contributed by atoms with Gasteiger partial charge in [0.25, 0.3) is 0 Å². The molecule has 1 atom stereocenters. The minimum atomic E-state index is -3.02. The summed E-state index contributed by atoms with van der Waals surface area (Å²) in [5.74, 6) is 0. The van der Waals surface area contributed by atoms with Gasteiger partial charge in [-0.25, -0.2) is 8.42 Å². The molecule has 1 fully saturated rings. The van der Waals surface area contributed by atoms with E-state index in [1.165, 1.54) is 6.26 Å². The van der Waals surface area contributed by atoms with E-state index in [0.29, 0.717) is 12.6 Å². The highest BCUT2D eigenvalue weighted by Crippen LogP contribution is 2.14. The zero-order chi connectivity index (χ0) is 10.9. The molecule has 0 radical (unpaired) electrons. The van der Waals surface area contributed by atoms with Crippen LogP contribution in [0.25, 0.3) is 0 Å². The molecule has 1 rings (SSSR count). The van der Waals surface area contributed by atoms with Crippen LogP contribution in [0.3, 0.4) is 0 Å². The highest BCUT2D eigenvalue weighted by Gasteiger charge is 2.30. The maximum atomic E-state index is 11.4. The monoisotopic (exact) mass is 220 g/mol. The fraction of sp³-hybridized carbons (Fsp3) is 1.00. The maximum absolute atomic E-state index is 11.4. The lowest BCUT2D eigenvalue weighted by Crippen LogP contribution is -2.55. The number of sulfonamides is 1. The van der Waals surface area contributed by atoms with Crippen molar-refractivity contribution in [3.05, 3.63) is 0 Å². The van der Waals surface area contributed by atoms with Crippen LogP contribution >= 0.6 is 0 Å². The van der Waals surface area contributed by atoms with Crippen molar-refractivity contribution in [2.45, 2.75) is 32.9 Å². The van der Waals surface area contributed by atoms with E-state index in [-0.39, 0.29) is 6.04 Å². The first-order chi connectivity index (χ1) is 6.32. The smallest absolute Gasteiger partial charge is 0.211 e. The summed E-state index contributed by atoms with van der Waals surface area (Å²) in [5.41, 5.74) is 0. The Hall–Kier alpha value is -0.130. The molecule has 0 spiro atoms. The number of rotatable bonds is 2. The van der Waals surface area contributed by atoms with Gasteiger partial charge in [-0.05, 0) is 20.8 Å². The highest BCUT2D eigenvalue weighted by molar-refractivity contribution is 7.88. The number of hydrogen-bond donors (Lipinski definition) is 0. The van der Waals surface area contributed by atoms with Gasteiger partial charge in [0, 0.05) is 31.7 Å². The standard InChI is InChI=1S/C9H20N2O2S/c1-8(2)10-5-6-11(9(3)7-10)14(4,12)13/h8-9H,5-7H2,1-4H3/t9-/m1/s1. The molecule has 0 N–H and O–H groups in total. The van der Waals surface area contributed by atoms with E-state index in [1.807, 2.05) is 6.92 Å². The molecule has 1 saturated heterocycles. The summed E-state index contributed by atoms with van der Waals surface area (Å²) in [6.45, 7) is 8.55. The van der Waals surface area contributed by atoms with Crippen LogP contribution in [0.2, 0.25) is 0 Å². The topological polar surface area (TPSA) is 40.6 Å². The second-order valence-electron chi connectivity index (χ2n) is 4.31. The Kier molecular flexibility index (Phi) is 3.55. The molecular weight excluding hydrogens is 200 g/mol. The fourth-order valence-corrected chi connectivity index (χ4v) is 3.06. The second-order valence-corrected chi connectivity index (χ2v) is 6.25. The van der Waals surface area contributed by atoms with Crippen LogP contribution in [-0.4, -0.2) is 55.6 Å². The minimum Gasteiger partial charge on any atom is -0.298 e. The number of nitrogens with zero attached hydrogens (tertiary/aromatic N) is 2. The van der Waals surface area contributed by atoms with Crippen molar-refractivity contribution in [3.8, 4) is 0 Å². The Bertz CT molecular complexity index is 287. The average molecular weight is 220 g/mol. The second kappa shape index (κ2) is 4.16. The van der Waals surface area contributed by atoms with Gasteiger partial charge in [0.2, 0.25) is 10.0 Å². The van der Waals surface area contributed by atoms with E-state index in [9.17, 15) is 8.42 Å². The molecule has 0 unspecified atom stereocenters. The zero-order valence-electron chi connectivity index (χ0n) is 9.40. The van der Waals surface area contributed by atoms with Crippen LogP contribution in [0.4, 0.5) is 0 Å². The van der Waals surface area contributed by atoms with Crippen molar-refractivity contribution in [2.75, 3.05) is 25.9 Å². The summed E-state index contributed by atoms with van der Waals surface area (Å²) >= 11 is 0. The van der Waals surface area contributed by atoms with Gasteiger partial charge in [-0.15, -0.1) is 0 Å². The summed E-state index contributed by atoms with van der Waals surface area (Å²) in [6.07, 6.45) is 1.29. The lowest BCUT2D eigenvalue weighted by molar-refractivity contribution is 0.117. The molecule has 0 bridgehead atoms. The first-order valence-electron chi connectivity index (χ1n) is 5.03. The van der Waals surface area contributed by atoms with Crippen LogP contribution in [0.1, 0.15) is 20.8 Å². The Labute approximate surface area is 86.9 Å². The fourth-order valence-electron chi connectivity index (χ4n) is 1.93. The molecule has 1 aliphatic heterocycles. The van der Waals surface area contributed by atoms with Gasteiger partial charge >= 0.3 is 0 Å². The molecule has 0 aromatic rings.